The molecule has 2 N–H and O–H groups in total. The fraction of sp³-hybridized carbons (Fsp3) is 0.435. The lowest BCUT2D eigenvalue weighted by molar-refractivity contribution is 0.0657. The smallest absolute Gasteiger partial charge is 0.191 e. The molecule has 0 aliphatic rings. The van der Waals surface area contributed by atoms with Gasteiger partial charge < -0.3 is 24.8 Å². The van der Waals surface area contributed by atoms with E-state index in [0.29, 0.717) is 13.2 Å². The molecule has 2 rings (SSSR count). The van der Waals surface area contributed by atoms with E-state index >= 15 is 0 Å². The number of aliphatic imine (C=N–C) groups is 1. The molecular weight excluding hydrogens is 493 g/mol. The maximum Gasteiger partial charge on any atom is 0.191 e. The molecule has 2 aromatic rings. The lowest BCUT2D eigenvalue weighted by Crippen LogP contribution is -2.37. The van der Waals surface area contributed by atoms with Crippen LogP contribution in [0.4, 0.5) is 0 Å². The predicted molar refractivity (Wildman–Crippen MR) is 133 cm³/mol. The minimum absolute atomic E-state index is 0. The van der Waals surface area contributed by atoms with E-state index in [9.17, 15) is 0 Å². The fourth-order valence-corrected chi connectivity index (χ4v) is 2.78. The van der Waals surface area contributed by atoms with Crippen LogP contribution < -0.4 is 20.1 Å². The Hall–Kier alpha value is -2.00. The topological polar surface area (TPSA) is 64.1 Å². The lowest BCUT2D eigenvalue weighted by Gasteiger charge is -2.13. The van der Waals surface area contributed by atoms with Gasteiger partial charge in [-0.1, -0.05) is 30.3 Å². The van der Waals surface area contributed by atoms with Gasteiger partial charge >= 0.3 is 0 Å². The highest BCUT2D eigenvalue weighted by atomic mass is 127. The summed E-state index contributed by atoms with van der Waals surface area (Å²) in [5.41, 5.74) is 3.55. The summed E-state index contributed by atoms with van der Waals surface area (Å²) in [6.07, 6.45) is 1.09. The summed E-state index contributed by atoms with van der Waals surface area (Å²) in [5, 5.41) is 6.69. The lowest BCUT2D eigenvalue weighted by atomic mass is 10.1. The number of nitrogens with one attached hydrogen (secondary N) is 2. The summed E-state index contributed by atoms with van der Waals surface area (Å²) in [7, 11) is 5.06. The third-order valence-electron chi connectivity index (χ3n) is 4.44. The summed E-state index contributed by atoms with van der Waals surface area (Å²) in [6, 6.07) is 14.4. The van der Waals surface area contributed by atoms with E-state index in [2.05, 4.69) is 39.9 Å². The first-order chi connectivity index (χ1) is 14.0. The number of methoxy groups -OCH3 is 2. The maximum atomic E-state index is 5.63. The molecule has 30 heavy (non-hydrogen) atoms. The van der Waals surface area contributed by atoms with Crippen molar-refractivity contribution in [1.82, 2.24) is 10.6 Å². The molecule has 0 aromatic heterocycles. The largest absolute Gasteiger partial charge is 0.493 e. The average Bonchev–Trinajstić information content (AvgIpc) is 2.75. The van der Waals surface area contributed by atoms with Crippen LogP contribution in [0.3, 0.4) is 0 Å². The van der Waals surface area contributed by atoms with Gasteiger partial charge in [-0.25, -0.2) is 0 Å². The standard InChI is InChI=1S/C23H33N3O3.HI/c1-17(2)29-16-20-8-6-19(7-9-20)15-26-23(24-3)25-13-12-18-10-11-21(27-4)22(14-18)28-5;/h6-11,14,17H,12-13,15-16H2,1-5H3,(H2,24,25,26);1H. The van der Waals surface area contributed by atoms with Gasteiger partial charge in [-0.15, -0.1) is 24.0 Å². The second-order valence-corrected chi connectivity index (χ2v) is 6.97. The first kappa shape index (κ1) is 26.0. The Kier molecular flexibility index (Phi) is 12.2. The van der Waals surface area contributed by atoms with Gasteiger partial charge in [-0.05, 0) is 49.1 Å². The van der Waals surface area contributed by atoms with Crippen molar-refractivity contribution >= 4 is 29.9 Å². The van der Waals surface area contributed by atoms with Crippen molar-refractivity contribution in [2.45, 2.75) is 39.5 Å². The van der Waals surface area contributed by atoms with Crippen LogP contribution in [-0.2, 0) is 24.3 Å². The molecule has 0 bridgehead atoms. The van der Waals surface area contributed by atoms with E-state index in [4.69, 9.17) is 14.2 Å². The Morgan fingerprint density at radius 1 is 0.900 bits per heavy atom. The molecule has 0 radical (unpaired) electrons. The number of hydrogen-bond donors (Lipinski definition) is 2. The Morgan fingerprint density at radius 3 is 2.13 bits per heavy atom. The van der Waals surface area contributed by atoms with Crippen LogP contribution in [0.25, 0.3) is 0 Å². The first-order valence-corrected chi connectivity index (χ1v) is 9.90. The number of nitrogens with zero attached hydrogens (tertiary/aromatic N) is 1. The van der Waals surface area contributed by atoms with Crippen molar-refractivity contribution in [3.63, 3.8) is 0 Å². The minimum atomic E-state index is 0. The van der Waals surface area contributed by atoms with Gasteiger partial charge in [-0.2, -0.15) is 0 Å². The van der Waals surface area contributed by atoms with E-state index in [-0.39, 0.29) is 30.1 Å². The Labute approximate surface area is 197 Å². The minimum Gasteiger partial charge on any atom is -0.493 e. The van der Waals surface area contributed by atoms with Crippen molar-refractivity contribution in [1.29, 1.82) is 0 Å². The maximum absolute atomic E-state index is 5.63. The molecule has 0 aliphatic carbocycles. The average molecular weight is 527 g/mol. The number of rotatable bonds is 10. The second-order valence-electron chi connectivity index (χ2n) is 6.97. The van der Waals surface area contributed by atoms with Gasteiger partial charge in [0.05, 0.1) is 26.9 Å². The third kappa shape index (κ3) is 8.79. The zero-order valence-electron chi connectivity index (χ0n) is 18.5. The molecule has 2 aromatic carbocycles. The van der Waals surface area contributed by atoms with Crippen LogP contribution in [0.5, 0.6) is 11.5 Å². The van der Waals surface area contributed by atoms with Crippen LogP contribution in [0.2, 0.25) is 0 Å². The van der Waals surface area contributed by atoms with Crippen molar-refractivity contribution in [3.8, 4) is 11.5 Å². The van der Waals surface area contributed by atoms with Crippen LogP contribution >= 0.6 is 24.0 Å². The van der Waals surface area contributed by atoms with Gasteiger partial charge in [0.2, 0.25) is 0 Å². The number of guanidine groups is 1. The Balaban J connectivity index is 0.00000450. The summed E-state index contributed by atoms with van der Waals surface area (Å²) in [4.78, 5) is 4.29. The van der Waals surface area contributed by atoms with Crippen LogP contribution in [0.15, 0.2) is 47.5 Å². The van der Waals surface area contributed by atoms with Gasteiger partial charge in [0.25, 0.3) is 0 Å². The fourth-order valence-electron chi connectivity index (χ4n) is 2.78. The normalized spacial score (nSPS) is 11.1. The predicted octanol–water partition coefficient (Wildman–Crippen LogP) is 4.15. The van der Waals surface area contributed by atoms with Crippen LogP contribution in [-0.4, -0.2) is 39.9 Å². The van der Waals surface area contributed by atoms with Crippen molar-refractivity contribution in [3.05, 3.63) is 59.2 Å². The highest BCUT2D eigenvalue weighted by Crippen LogP contribution is 2.27. The molecule has 0 aliphatic heterocycles. The highest BCUT2D eigenvalue weighted by molar-refractivity contribution is 14.0. The van der Waals surface area contributed by atoms with Gasteiger partial charge in [0, 0.05) is 20.1 Å². The van der Waals surface area contributed by atoms with Crippen molar-refractivity contribution < 1.29 is 14.2 Å². The quantitative estimate of drug-likeness (QED) is 0.276. The van der Waals surface area contributed by atoms with E-state index in [1.54, 1.807) is 21.3 Å². The van der Waals surface area contributed by atoms with E-state index < -0.39 is 0 Å². The van der Waals surface area contributed by atoms with Crippen molar-refractivity contribution in [2.24, 2.45) is 4.99 Å². The zero-order chi connectivity index (χ0) is 21.1. The number of hydrogen-bond acceptors (Lipinski definition) is 4. The van der Waals surface area contributed by atoms with Gasteiger partial charge in [-0.3, -0.25) is 4.99 Å². The Morgan fingerprint density at radius 2 is 1.53 bits per heavy atom. The zero-order valence-corrected chi connectivity index (χ0v) is 20.9. The molecule has 0 saturated heterocycles. The first-order valence-electron chi connectivity index (χ1n) is 9.90. The summed E-state index contributed by atoms with van der Waals surface area (Å²) < 4.78 is 16.3. The van der Waals surface area contributed by atoms with Crippen LogP contribution in [0, 0.1) is 0 Å². The SMILES string of the molecule is CN=C(NCCc1ccc(OC)c(OC)c1)NCc1ccc(COC(C)C)cc1.I. The van der Waals surface area contributed by atoms with Crippen LogP contribution in [0.1, 0.15) is 30.5 Å². The molecule has 7 heteroatoms. The molecule has 0 atom stereocenters. The van der Waals surface area contributed by atoms with E-state index in [1.165, 1.54) is 16.7 Å². The van der Waals surface area contributed by atoms with Crippen molar-refractivity contribution in [2.75, 3.05) is 27.8 Å². The third-order valence-corrected chi connectivity index (χ3v) is 4.44. The Bertz CT molecular complexity index is 780. The number of benzene rings is 2. The monoisotopic (exact) mass is 527 g/mol. The van der Waals surface area contributed by atoms with Gasteiger partial charge in [0.15, 0.2) is 17.5 Å². The molecule has 166 valence electrons. The number of halogens is 1. The summed E-state index contributed by atoms with van der Waals surface area (Å²) >= 11 is 0. The molecule has 0 heterocycles. The molecule has 0 spiro atoms. The molecule has 0 amide bonds. The highest BCUT2D eigenvalue weighted by Gasteiger charge is 2.05. The molecular formula is C23H34IN3O3. The molecule has 6 nitrogen and oxygen atoms in total. The summed E-state index contributed by atoms with van der Waals surface area (Å²) in [5.74, 6) is 2.26. The molecule has 0 fully saturated rings. The summed E-state index contributed by atoms with van der Waals surface area (Å²) in [6.45, 7) is 6.21. The molecule has 0 saturated carbocycles. The second kappa shape index (κ2) is 14.1. The van der Waals surface area contributed by atoms with E-state index in [1.807, 2.05) is 32.0 Å². The number of ether oxygens (including phenoxy) is 3. The molecule has 0 unspecified atom stereocenters. The van der Waals surface area contributed by atoms with Gasteiger partial charge in [0.1, 0.15) is 0 Å². The van der Waals surface area contributed by atoms with E-state index in [0.717, 1.165) is 30.4 Å².